The van der Waals surface area contributed by atoms with Gasteiger partial charge >= 0.3 is 0 Å². The molecule has 0 saturated carbocycles. The zero-order valence-corrected chi connectivity index (χ0v) is 8.73. The Morgan fingerprint density at radius 2 is 2.43 bits per heavy atom. The quantitative estimate of drug-likeness (QED) is 0.709. The third-order valence-electron chi connectivity index (χ3n) is 2.59. The standard InChI is InChI=1S/C11H16N2O/c1-9-4-3-6-12-11(9)14-10-5-7-13(2)8-10/h3-4,6,10H,5,7-8H2,1-2H3. The molecule has 0 bridgehead atoms. The SMILES string of the molecule is Cc1cccnc1OC1CCN(C)C1. The molecule has 3 heteroatoms. The summed E-state index contributed by atoms with van der Waals surface area (Å²) in [6.07, 6.45) is 3.20. The van der Waals surface area contributed by atoms with Crippen molar-refractivity contribution in [2.24, 2.45) is 0 Å². The van der Waals surface area contributed by atoms with Crippen LogP contribution in [0.3, 0.4) is 0 Å². The monoisotopic (exact) mass is 192 g/mol. The zero-order chi connectivity index (χ0) is 9.97. The molecule has 0 spiro atoms. The molecule has 1 saturated heterocycles. The van der Waals surface area contributed by atoms with Gasteiger partial charge in [-0.05, 0) is 26.5 Å². The Kier molecular flexibility index (Phi) is 2.68. The lowest BCUT2D eigenvalue weighted by Crippen LogP contribution is -2.22. The van der Waals surface area contributed by atoms with Crippen LogP contribution >= 0.6 is 0 Å². The summed E-state index contributed by atoms with van der Waals surface area (Å²) in [6, 6.07) is 3.96. The topological polar surface area (TPSA) is 25.4 Å². The van der Waals surface area contributed by atoms with Crippen molar-refractivity contribution in [1.29, 1.82) is 0 Å². The van der Waals surface area contributed by atoms with E-state index in [9.17, 15) is 0 Å². The van der Waals surface area contributed by atoms with Crippen LogP contribution in [0.15, 0.2) is 18.3 Å². The smallest absolute Gasteiger partial charge is 0.216 e. The van der Waals surface area contributed by atoms with Crippen molar-refractivity contribution in [2.45, 2.75) is 19.4 Å². The summed E-state index contributed by atoms with van der Waals surface area (Å²) in [5.41, 5.74) is 1.11. The van der Waals surface area contributed by atoms with E-state index in [1.165, 1.54) is 0 Å². The maximum Gasteiger partial charge on any atom is 0.216 e. The summed E-state index contributed by atoms with van der Waals surface area (Å²) in [6.45, 7) is 4.16. The highest BCUT2D eigenvalue weighted by atomic mass is 16.5. The first-order chi connectivity index (χ1) is 6.75. The Labute approximate surface area is 84.7 Å². The predicted octanol–water partition coefficient (Wildman–Crippen LogP) is 1.47. The molecule has 0 amide bonds. The van der Waals surface area contributed by atoms with Crippen molar-refractivity contribution >= 4 is 0 Å². The molecule has 1 unspecified atom stereocenters. The van der Waals surface area contributed by atoms with E-state index >= 15 is 0 Å². The normalized spacial score (nSPS) is 22.6. The second kappa shape index (κ2) is 3.96. The third kappa shape index (κ3) is 2.04. The largest absolute Gasteiger partial charge is 0.473 e. The Morgan fingerprint density at radius 1 is 1.57 bits per heavy atom. The van der Waals surface area contributed by atoms with Gasteiger partial charge in [0.15, 0.2) is 0 Å². The second-order valence-corrected chi connectivity index (χ2v) is 3.92. The molecule has 3 nitrogen and oxygen atoms in total. The number of likely N-dealkylation sites (N-methyl/N-ethyl adjacent to an activating group) is 1. The van der Waals surface area contributed by atoms with Gasteiger partial charge in [0, 0.05) is 24.8 Å². The van der Waals surface area contributed by atoms with E-state index < -0.39 is 0 Å². The molecule has 76 valence electrons. The number of aromatic nitrogens is 1. The van der Waals surface area contributed by atoms with Crippen LogP contribution in [0.5, 0.6) is 5.88 Å². The van der Waals surface area contributed by atoms with Crippen LogP contribution in [0.4, 0.5) is 0 Å². The average Bonchev–Trinajstić information content (AvgIpc) is 2.56. The Morgan fingerprint density at radius 3 is 3.07 bits per heavy atom. The van der Waals surface area contributed by atoms with Gasteiger partial charge in [0.25, 0.3) is 0 Å². The number of ether oxygens (including phenoxy) is 1. The lowest BCUT2D eigenvalue weighted by atomic mass is 10.3. The fraction of sp³-hybridized carbons (Fsp3) is 0.545. The predicted molar refractivity (Wildman–Crippen MR) is 55.5 cm³/mol. The zero-order valence-electron chi connectivity index (χ0n) is 8.73. The number of hydrogen-bond donors (Lipinski definition) is 0. The maximum atomic E-state index is 5.82. The highest BCUT2D eigenvalue weighted by molar-refractivity contribution is 5.23. The van der Waals surface area contributed by atoms with Gasteiger partial charge in [-0.15, -0.1) is 0 Å². The van der Waals surface area contributed by atoms with Crippen molar-refractivity contribution in [3.63, 3.8) is 0 Å². The molecule has 1 aliphatic heterocycles. The molecule has 2 rings (SSSR count). The first-order valence-electron chi connectivity index (χ1n) is 5.02. The van der Waals surface area contributed by atoms with Gasteiger partial charge in [0.2, 0.25) is 5.88 Å². The van der Waals surface area contributed by atoms with Gasteiger partial charge in [-0.3, -0.25) is 0 Å². The molecule has 14 heavy (non-hydrogen) atoms. The van der Waals surface area contributed by atoms with Gasteiger partial charge in [-0.1, -0.05) is 6.07 Å². The number of pyridine rings is 1. The Hall–Kier alpha value is -1.09. The maximum absolute atomic E-state index is 5.82. The van der Waals surface area contributed by atoms with Gasteiger partial charge in [0.1, 0.15) is 6.10 Å². The van der Waals surface area contributed by atoms with Crippen LogP contribution in [-0.2, 0) is 0 Å². The molecule has 0 aliphatic carbocycles. The van der Waals surface area contributed by atoms with Crippen LogP contribution < -0.4 is 4.74 Å². The Balaban J connectivity index is 2.01. The van der Waals surface area contributed by atoms with E-state index in [-0.39, 0.29) is 0 Å². The van der Waals surface area contributed by atoms with E-state index in [0.717, 1.165) is 31.0 Å². The first kappa shape index (κ1) is 9.46. The lowest BCUT2D eigenvalue weighted by molar-refractivity contribution is 0.198. The number of hydrogen-bond acceptors (Lipinski definition) is 3. The van der Waals surface area contributed by atoms with Crippen molar-refractivity contribution in [3.8, 4) is 5.88 Å². The molecule has 0 radical (unpaired) electrons. The van der Waals surface area contributed by atoms with E-state index in [1.54, 1.807) is 6.20 Å². The lowest BCUT2D eigenvalue weighted by Gasteiger charge is -2.13. The minimum Gasteiger partial charge on any atom is -0.473 e. The van der Waals surface area contributed by atoms with E-state index in [1.807, 2.05) is 19.1 Å². The molecule has 1 aromatic heterocycles. The molecule has 1 aliphatic rings. The molecular weight excluding hydrogens is 176 g/mol. The number of rotatable bonds is 2. The summed E-state index contributed by atoms with van der Waals surface area (Å²) >= 11 is 0. The van der Waals surface area contributed by atoms with E-state index in [2.05, 4.69) is 16.9 Å². The third-order valence-corrected chi connectivity index (χ3v) is 2.59. The molecule has 1 fully saturated rings. The van der Waals surface area contributed by atoms with E-state index in [4.69, 9.17) is 4.74 Å². The van der Waals surface area contributed by atoms with Crippen LogP contribution in [0.2, 0.25) is 0 Å². The average molecular weight is 192 g/mol. The molecule has 0 N–H and O–H groups in total. The summed E-state index contributed by atoms with van der Waals surface area (Å²) in [5.74, 6) is 0.785. The van der Waals surface area contributed by atoms with Crippen molar-refractivity contribution in [1.82, 2.24) is 9.88 Å². The fourth-order valence-corrected chi connectivity index (χ4v) is 1.74. The van der Waals surface area contributed by atoms with Crippen molar-refractivity contribution < 1.29 is 4.74 Å². The molecule has 0 aromatic carbocycles. The Bertz CT molecular complexity index is 314. The molecule has 1 aromatic rings. The second-order valence-electron chi connectivity index (χ2n) is 3.92. The highest BCUT2D eigenvalue weighted by Crippen LogP contribution is 2.18. The number of aryl methyl sites for hydroxylation is 1. The summed E-state index contributed by atoms with van der Waals surface area (Å²) in [7, 11) is 2.12. The number of nitrogens with zero attached hydrogens (tertiary/aromatic N) is 2. The molecular formula is C11H16N2O. The highest BCUT2D eigenvalue weighted by Gasteiger charge is 2.21. The van der Waals surface area contributed by atoms with Crippen molar-refractivity contribution in [3.05, 3.63) is 23.9 Å². The number of likely N-dealkylation sites (tertiary alicyclic amines) is 1. The minimum absolute atomic E-state index is 0.314. The summed E-state index contributed by atoms with van der Waals surface area (Å²) in [5, 5.41) is 0. The summed E-state index contributed by atoms with van der Waals surface area (Å²) < 4.78 is 5.82. The molecule has 1 atom stereocenters. The first-order valence-corrected chi connectivity index (χ1v) is 5.02. The van der Waals surface area contributed by atoms with Crippen LogP contribution in [0.25, 0.3) is 0 Å². The van der Waals surface area contributed by atoms with Gasteiger partial charge in [0.05, 0.1) is 0 Å². The van der Waals surface area contributed by atoms with Gasteiger partial charge < -0.3 is 9.64 Å². The van der Waals surface area contributed by atoms with E-state index in [0.29, 0.717) is 6.10 Å². The van der Waals surface area contributed by atoms with Crippen LogP contribution in [-0.4, -0.2) is 36.1 Å². The van der Waals surface area contributed by atoms with Crippen molar-refractivity contribution in [2.75, 3.05) is 20.1 Å². The van der Waals surface area contributed by atoms with Crippen LogP contribution in [0.1, 0.15) is 12.0 Å². The van der Waals surface area contributed by atoms with Gasteiger partial charge in [-0.2, -0.15) is 0 Å². The molecule has 2 heterocycles. The fourth-order valence-electron chi connectivity index (χ4n) is 1.74. The minimum atomic E-state index is 0.314. The summed E-state index contributed by atoms with van der Waals surface area (Å²) in [4.78, 5) is 6.51. The van der Waals surface area contributed by atoms with Crippen LogP contribution in [0, 0.1) is 6.92 Å². The van der Waals surface area contributed by atoms with Gasteiger partial charge in [-0.25, -0.2) is 4.98 Å².